The maximum Gasteiger partial charge on any atom is 0.194 e. The Kier molecular flexibility index (Phi) is 6.71. The molecule has 2 aromatic rings. The van der Waals surface area contributed by atoms with Crippen molar-refractivity contribution >= 4 is 29.9 Å². The highest BCUT2D eigenvalue weighted by molar-refractivity contribution is 14.0. The third-order valence-corrected chi connectivity index (χ3v) is 4.57. The predicted octanol–water partition coefficient (Wildman–Crippen LogP) is 3.38. The number of fused-ring (bicyclic) bond motifs is 1. The minimum absolute atomic E-state index is 0. The molecule has 0 saturated heterocycles. The van der Waals surface area contributed by atoms with E-state index in [9.17, 15) is 0 Å². The number of aliphatic imine (C=N–C) groups is 1. The molecule has 1 aromatic heterocycles. The number of halogens is 1. The van der Waals surface area contributed by atoms with Crippen LogP contribution in [0.1, 0.15) is 29.7 Å². The first-order valence-electron chi connectivity index (χ1n) is 8.36. The van der Waals surface area contributed by atoms with Crippen LogP contribution in [-0.4, -0.2) is 35.6 Å². The summed E-state index contributed by atoms with van der Waals surface area (Å²) < 4.78 is 2.16. The molecule has 0 amide bonds. The number of hydrogen-bond donors (Lipinski definition) is 1. The highest BCUT2D eigenvalue weighted by atomic mass is 127. The molecule has 1 N–H and O–H groups in total. The third kappa shape index (κ3) is 4.12. The lowest BCUT2D eigenvalue weighted by molar-refractivity contribution is 0.459. The number of guanidine groups is 1. The first-order valence-corrected chi connectivity index (χ1v) is 8.36. The molecule has 1 aliphatic rings. The van der Waals surface area contributed by atoms with E-state index in [4.69, 9.17) is 4.99 Å². The van der Waals surface area contributed by atoms with Crippen LogP contribution in [0.3, 0.4) is 0 Å². The Bertz CT molecular complexity index is 692. The van der Waals surface area contributed by atoms with Crippen molar-refractivity contribution in [3.8, 4) is 0 Å². The van der Waals surface area contributed by atoms with Crippen LogP contribution in [0.4, 0.5) is 0 Å². The number of aromatic nitrogens is 1. The van der Waals surface area contributed by atoms with Gasteiger partial charge in [0.1, 0.15) is 0 Å². The maximum atomic E-state index is 4.87. The highest BCUT2D eigenvalue weighted by Gasteiger charge is 2.25. The predicted molar refractivity (Wildman–Crippen MR) is 111 cm³/mol. The fraction of sp³-hybridized carbons (Fsp3) is 0.421. The van der Waals surface area contributed by atoms with Crippen LogP contribution in [0.15, 0.2) is 47.6 Å². The summed E-state index contributed by atoms with van der Waals surface area (Å²) in [6.07, 6.45) is 3.24. The van der Waals surface area contributed by atoms with Gasteiger partial charge in [-0.25, -0.2) is 0 Å². The topological polar surface area (TPSA) is 32.6 Å². The van der Waals surface area contributed by atoms with E-state index in [0.29, 0.717) is 5.92 Å². The average molecular weight is 438 g/mol. The largest absolute Gasteiger partial charge is 0.357 e. The van der Waals surface area contributed by atoms with E-state index in [1.807, 2.05) is 0 Å². The lowest BCUT2D eigenvalue weighted by atomic mass is 9.78. The summed E-state index contributed by atoms with van der Waals surface area (Å²) in [7, 11) is 4.18. The summed E-state index contributed by atoms with van der Waals surface area (Å²) in [6, 6.07) is 12.9. The van der Waals surface area contributed by atoms with Gasteiger partial charge in [0, 0.05) is 45.0 Å². The highest BCUT2D eigenvalue weighted by Crippen LogP contribution is 2.34. The third-order valence-electron chi connectivity index (χ3n) is 4.57. The number of nitrogens with one attached hydrogen (secondary N) is 1. The number of benzene rings is 1. The Hall–Kier alpha value is -1.50. The molecule has 0 saturated carbocycles. The molecular formula is C19H27IN4. The van der Waals surface area contributed by atoms with Crippen LogP contribution in [0, 0.1) is 0 Å². The van der Waals surface area contributed by atoms with Gasteiger partial charge in [-0.1, -0.05) is 24.3 Å². The van der Waals surface area contributed by atoms with Gasteiger partial charge in [-0.3, -0.25) is 4.99 Å². The Morgan fingerprint density at radius 2 is 2.08 bits per heavy atom. The van der Waals surface area contributed by atoms with Crippen LogP contribution in [0.5, 0.6) is 0 Å². The summed E-state index contributed by atoms with van der Waals surface area (Å²) >= 11 is 0. The number of hydrogen-bond acceptors (Lipinski definition) is 1. The van der Waals surface area contributed by atoms with Gasteiger partial charge in [-0.2, -0.15) is 0 Å². The number of nitrogens with zero attached hydrogens (tertiary/aromatic N) is 3. The van der Waals surface area contributed by atoms with E-state index in [2.05, 4.69) is 78.4 Å². The lowest BCUT2D eigenvalue weighted by Crippen LogP contribution is -2.39. The van der Waals surface area contributed by atoms with E-state index >= 15 is 0 Å². The molecule has 1 atom stereocenters. The molecule has 0 radical (unpaired) electrons. The Balaban J connectivity index is 0.00000208. The second-order valence-electron chi connectivity index (χ2n) is 6.26. The van der Waals surface area contributed by atoms with Crippen molar-refractivity contribution in [1.29, 1.82) is 0 Å². The maximum absolute atomic E-state index is 4.87. The zero-order chi connectivity index (χ0) is 16.2. The molecule has 1 unspecified atom stereocenters. The average Bonchev–Trinajstić information content (AvgIpc) is 2.92. The van der Waals surface area contributed by atoms with Crippen molar-refractivity contribution in [2.24, 2.45) is 12.0 Å². The standard InChI is InChI=1S/C19H26N4.HI/c1-4-20-19(23(3)14-17-9-7-11-22(17)2)21-13-16-12-15-8-5-6-10-18(15)16;/h5-11,16H,4,12-14H2,1-3H3,(H,20,21);1H. The van der Waals surface area contributed by atoms with E-state index in [1.54, 1.807) is 0 Å². The van der Waals surface area contributed by atoms with Crippen molar-refractivity contribution < 1.29 is 0 Å². The minimum Gasteiger partial charge on any atom is -0.357 e. The smallest absolute Gasteiger partial charge is 0.194 e. The molecule has 130 valence electrons. The van der Waals surface area contributed by atoms with Gasteiger partial charge in [-0.15, -0.1) is 24.0 Å². The molecule has 1 heterocycles. The zero-order valence-corrected chi connectivity index (χ0v) is 17.0. The molecule has 3 rings (SSSR count). The first-order chi connectivity index (χ1) is 11.2. The van der Waals surface area contributed by atoms with Gasteiger partial charge in [-0.05, 0) is 36.6 Å². The molecule has 4 nitrogen and oxygen atoms in total. The van der Waals surface area contributed by atoms with Crippen molar-refractivity contribution in [2.75, 3.05) is 20.1 Å². The molecule has 0 bridgehead atoms. The second kappa shape index (κ2) is 8.55. The van der Waals surface area contributed by atoms with Crippen molar-refractivity contribution in [2.45, 2.75) is 25.8 Å². The number of aryl methyl sites for hydroxylation is 1. The van der Waals surface area contributed by atoms with Crippen molar-refractivity contribution in [3.63, 3.8) is 0 Å². The van der Waals surface area contributed by atoms with E-state index in [-0.39, 0.29) is 24.0 Å². The fourth-order valence-electron chi connectivity index (χ4n) is 3.17. The lowest BCUT2D eigenvalue weighted by Gasteiger charge is -2.29. The molecule has 24 heavy (non-hydrogen) atoms. The fourth-order valence-corrected chi connectivity index (χ4v) is 3.17. The van der Waals surface area contributed by atoms with Gasteiger partial charge in [0.25, 0.3) is 0 Å². The van der Waals surface area contributed by atoms with Gasteiger partial charge >= 0.3 is 0 Å². The molecule has 1 aromatic carbocycles. The van der Waals surface area contributed by atoms with Crippen molar-refractivity contribution in [3.05, 3.63) is 59.4 Å². The van der Waals surface area contributed by atoms with E-state index in [0.717, 1.165) is 32.0 Å². The summed E-state index contributed by atoms with van der Waals surface area (Å²) in [4.78, 5) is 7.06. The molecule has 0 aliphatic heterocycles. The van der Waals surface area contributed by atoms with Crippen LogP contribution in [0.25, 0.3) is 0 Å². The zero-order valence-electron chi connectivity index (χ0n) is 14.7. The Morgan fingerprint density at radius 1 is 1.29 bits per heavy atom. The van der Waals surface area contributed by atoms with Crippen LogP contribution in [0.2, 0.25) is 0 Å². The molecule has 0 fully saturated rings. The summed E-state index contributed by atoms with van der Waals surface area (Å²) in [5.74, 6) is 1.56. The molecule has 0 spiro atoms. The second-order valence-corrected chi connectivity index (χ2v) is 6.26. The molecule has 5 heteroatoms. The molecule has 1 aliphatic carbocycles. The van der Waals surface area contributed by atoms with Crippen LogP contribution < -0.4 is 5.32 Å². The summed E-state index contributed by atoms with van der Waals surface area (Å²) in [5.41, 5.74) is 4.24. The first kappa shape index (κ1) is 18.8. The molecular weight excluding hydrogens is 411 g/mol. The monoisotopic (exact) mass is 438 g/mol. The van der Waals surface area contributed by atoms with Gasteiger partial charge in [0.15, 0.2) is 5.96 Å². The van der Waals surface area contributed by atoms with E-state index in [1.165, 1.54) is 16.8 Å². The van der Waals surface area contributed by atoms with Crippen LogP contribution >= 0.6 is 24.0 Å². The van der Waals surface area contributed by atoms with Crippen LogP contribution in [-0.2, 0) is 20.0 Å². The Labute approximate surface area is 162 Å². The summed E-state index contributed by atoms with van der Waals surface area (Å²) in [5, 5.41) is 3.41. The van der Waals surface area contributed by atoms with Gasteiger partial charge < -0.3 is 14.8 Å². The minimum atomic E-state index is 0. The summed E-state index contributed by atoms with van der Waals surface area (Å²) in [6.45, 7) is 4.72. The van der Waals surface area contributed by atoms with Gasteiger partial charge in [0.05, 0.1) is 6.54 Å². The van der Waals surface area contributed by atoms with E-state index < -0.39 is 0 Å². The SMILES string of the molecule is CCNC(=NCC1Cc2ccccc21)N(C)Cc1cccn1C.I. The Morgan fingerprint density at radius 3 is 2.75 bits per heavy atom. The van der Waals surface area contributed by atoms with Crippen molar-refractivity contribution in [1.82, 2.24) is 14.8 Å². The number of rotatable bonds is 5. The van der Waals surface area contributed by atoms with Gasteiger partial charge in [0.2, 0.25) is 0 Å². The normalized spacial score (nSPS) is 16.0. The quantitative estimate of drug-likeness (QED) is 0.441.